The molecule has 2 N–H and O–H groups in total. The van der Waals surface area contributed by atoms with E-state index in [2.05, 4.69) is 37.5 Å². The molecule has 0 radical (unpaired) electrons. The Balaban J connectivity index is 2.89. The zero-order valence-electron chi connectivity index (χ0n) is 11.9. The first-order valence-corrected chi connectivity index (χ1v) is 6.09. The molecule has 4 nitrogen and oxygen atoms in total. The summed E-state index contributed by atoms with van der Waals surface area (Å²) < 4.78 is 0. The maximum absolute atomic E-state index is 10.5. The Morgan fingerprint density at radius 3 is 2.44 bits per heavy atom. The van der Waals surface area contributed by atoms with Crippen molar-refractivity contribution in [3.8, 4) is 0 Å². The Morgan fingerprint density at radius 2 is 1.94 bits per heavy atom. The number of anilines is 2. The van der Waals surface area contributed by atoms with Gasteiger partial charge in [0.2, 0.25) is 6.41 Å². The van der Waals surface area contributed by atoms with Crippen molar-refractivity contribution in [3.05, 3.63) is 23.8 Å². The monoisotopic (exact) mass is 249 g/mol. The standard InChI is InChI=1S/C14H23N3O/c1-14(2,3)16-9-11-6-7-12(15-10-18)13(8-11)17(4)5/h6-8,10,16H,9H2,1-5H3,(H,15,18). The number of hydrogen-bond acceptors (Lipinski definition) is 3. The zero-order chi connectivity index (χ0) is 13.8. The van der Waals surface area contributed by atoms with Gasteiger partial charge < -0.3 is 15.5 Å². The molecule has 0 spiro atoms. The SMILES string of the molecule is CN(C)c1cc(CNC(C)(C)C)ccc1NC=O. The third kappa shape index (κ3) is 4.37. The van der Waals surface area contributed by atoms with Gasteiger partial charge in [-0.25, -0.2) is 0 Å². The summed E-state index contributed by atoms with van der Waals surface area (Å²) in [5.41, 5.74) is 3.13. The summed E-state index contributed by atoms with van der Waals surface area (Å²) in [6.45, 7) is 7.23. The molecule has 0 bridgehead atoms. The van der Waals surface area contributed by atoms with E-state index in [-0.39, 0.29) is 5.54 Å². The lowest BCUT2D eigenvalue weighted by atomic mass is 10.1. The fourth-order valence-corrected chi connectivity index (χ4v) is 1.61. The molecule has 0 aliphatic heterocycles. The highest BCUT2D eigenvalue weighted by Crippen LogP contribution is 2.25. The molecule has 18 heavy (non-hydrogen) atoms. The normalized spacial score (nSPS) is 11.2. The summed E-state index contributed by atoms with van der Waals surface area (Å²) in [6, 6.07) is 6.05. The van der Waals surface area contributed by atoms with Crippen LogP contribution >= 0.6 is 0 Å². The predicted octanol–water partition coefficient (Wildman–Crippen LogP) is 2.21. The summed E-state index contributed by atoms with van der Waals surface area (Å²) in [6.07, 6.45) is 0.704. The van der Waals surface area contributed by atoms with E-state index in [9.17, 15) is 4.79 Å². The minimum absolute atomic E-state index is 0.0952. The van der Waals surface area contributed by atoms with Gasteiger partial charge in [-0.1, -0.05) is 6.07 Å². The van der Waals surface area contributed by atoms with Crippen LogP contribution in [0.3, 0.4) is 0 Å². The van der Waals surface area contributed by atoms with E-state index in [4.69, 9.17) is 0 Å². The summed E-state index contributed by atoms with van der Waals surface area (Å²) in [7, 11) is 3.93. The number of amides is 1. The Hall–Kier alpha value is -1.55. The van der Waals surface area contributed by atoms with Gasteiger partial charge in [-0.3, -0.25) is 4.79 Å². The predicted molar refractivity (Wildman–Crippen MR) is 77.0 cm³/mol. The molecule has 0 saturated carbocycles. The first-order chi connectivity index (χ1) is 8.33. The molecule has 4 heteroatoms. The van der Waals surface area contributed by atoms with E-state index in [1.165, 1.54) is 5.56 Å². The highest BCUT2D eigenvalue weighted by Gasteiger charge is 2.10. The molecule has 0 aromatic heterocycles. The largest absolute Gasteiger partial charge is 0.376 e. The summed E-state index contributed by atoms with van der Waals surface area (Å²) >= 11 is 0. The van der Waals surface area contributed by atoms with E-state index < -0.39 is 0 Å². The molecular weight excluding hydrogens is 226 g/mol. The van der Waals surface area contributed by atoms with Crippen LogP contribution in [0.4, 0.5) is 11.4 Å². The van der Waals surface area contributed by atoms with Gasteiger partial charge in [-0.2, -0.15) is 0 Å². The molecule has 0 heterocycles. The van der Waals surface area contributed by atoms with Gasteiger partial charge in [0, 0.05) is 26.2 Å². The Labute approximate surface area is 109 Å². The quantitative estimate of drug-likeness (QED) is 0.786. The molecule has 1 aromatic carbocycles. The Kier molecular flexibility index (Phi) is 4.73. The van der Waals surface area contributed by atoms with E-state index in [1.807, 2.05) is 31.1 Å². The highest BCUT2D eigenvalue weighted by atomic mass is 16.1. The van der Waals surface area contributed by atoms with Crippen LogP contribution in [-0.4, -0.2) is 26.0 Å². The first-order valence-electron chi connectivity index (χ1n) is 6.09. The maximum Gasteiger partial charge on any atom is 0.211 e. The summed E-state index contributed by atoms with van der Waals surface area (Å²) in [5, 5.41) is 6.16. The van der Waals surface area contributed by atoms with Gasteiger partial charge >= 0.3 is 0 Å². The smallest absolute Gasteiger partial charge is 0.211 e. The number of rotatable bonds is 5. The van der Waals surface area contributed by atoms with Crippen molar-refractivity contribution in [1.82, 2.24) is 5.32 Å². The fraction of sp³-hybridized carbons (Fsp3) is 0.500. The van der Waals surface area contributed by atoms with Gasteiger partial charge in [0.05, 0.1) is 11.4 Å². The van der Waals surface area contributed by atoms with Gasteiger partial charge in [-0.15, -0.1) is 0 Å². The van der Waals surface area contributed by atoms with Crippen LogP contribution in [0.15, 0.2) is 18.2 Å². The molecule has 0 unspecified atom stereocenters. The number of carbonyl (C=O) groups is 1. The van der Waals surface area contributed by atoms with E-state index >= 15 is 0 Å². The van der Waals surface area contributed by atoms with Crippen molar-refractivity contribution in [2.45, 2.75) is 32.9 Å². The van der Waals surface area contributed by atoms with Gasteiger partial charge in [0.25, 0.3) is 0 Å². The second-order valence-corrected chi connectivity index (χ2v) is 5.61. The number of carbonyl (C=O) groups excluding carboxylic acids is 1. The van der Waals surface area contributed by atoms with Gasteiger partial charge in [0.1, 0.15) is 0 Å². The number of nitrogens with one attached hydrogen (secondary N) is 2. The van der Waals surface area contributed by atoms with Gasteiger partial charge in [0.15, 0.2) is 0 Å². The number of benzene rings is 1. The summed E-state index contributed by atoms with van der Waals surface area (Å²) in [4.78, 5) is 12.5. The van der Waals surface area contributed by atoms with Crippen LogP contribution in [0.1, 0.15) is 26.3 Å². The minimum atomic E-state index is 0.0952. The number of hydrogen-bond donors (Lipinski definition) is 2. The molecule has 0 aliphatic carbocycles. The van der Waals surface area contributed by atoms with Crippen molar-refractivity contribution in [1.29, 1.82) is 0 Å². The second-order valence-electron chi connectivity index (χ2n) is 5.61. The van der Waals surface area contributed by atoms with Crippen molar-refractivity contribution in [3.63, 3.8) is 0 Å². The van der Waals surface area contributed by atoms with Crippen LogP contribution in [0.25, 0.3) is 0 Å². The average Bonchev–Trinajstić information content (AvgIpc) is 2.26. The van der Waals surface area contributed by atoms with E-state index in [0.29, 0.717) is 6.41 Å². The molecule has 1 amide bonds. The van der Waals surface area contributed by atoms with Crippen molar-refractivity contribution < 1.29 is 4.79 Å². The fourth-order valence-electron chi connectivity index (χ4n) is 1.61. The van der Waals surface area contributed by atoms with Crippen molar-refractivity contribution in [2.24, 2.45) is 0 Å². The maximum atomic E-state index is 10.5. The van der Waals surface area contributed by atoms with Crippen LogP contribution in [0.5, 0.6) is 0 Å². The molecule has 0 saturated heterocycles. The van der Waals surface area contributed by atoms with Crippen LogP contribution in [0, 0.1) is 0 Å². The van der Waals surface area contributed by atoms with Crippen molar-refractivity contribution in [2.75, 3.05) is 24.3 Å². The van der Waals surface area contributed by atoms with E-state index in [1.54, 1.807) is 0 Å². The lowest BCUT2D eigenvalue weighted by Crippen LogP contribution is -2.35. The third-order valence-corrected chi connectivity index (χ3v) is 2.58. The molecule has 0 atom stereocenters. The van der Waals surface area contributed by atoms with E-state index in [0.717, 1.165) is 17.9 Å². The lowest BCUT2D eigenvalue weighted by molar-refractivity contribution is -0.105. The van der Waals surface area contributed by atoms with Crippen LogP contribution < -0.4 is 15.5 Å². The third-order valence-electron chi connectivity index (χ3n) is 2.58. The average molecular weight is 249 g/mol. The molecule has 1 aromatic rings. The second kappa shape index (κ2) is 5.87. The lowest BCUT2D eigenvalue weighted by Gasteiger charge is -2.22. The molecule has 0 fully saturated rings. The molecule has 100 valence electrons. The van der Waals surface area contributed by atoms with Crippen LogP contribution in [-0.2, 0) is 11.3 Å². The first kappa shape index (κ1) is 14.5. The topological polar surface area (TPSA) is 44.4 Å². The Morgan fingerprint density at radius 1 is 1.28 bits per heavy atom. The highest BCUT2D eigenvalue weighted by molar-refractivity contribution is 5.81. The van der Waals surface area contributed by atoms with Gasteiger partial charge in [-0.05, 0) is 38.5 Å². The molecule has 1 rings (SSSR count). The number of nitrogens with zero attached hydrogens (tertiary/aromatic N) is 1. The molecule has 0 aliphatic rings. The van der Waals surface area contributed by atoms with Crippen molar-refractivity contribution >= 4 is 17.8 Å². The zero-order valence-corrected chi connectivity index (χ0v) is 11.9. The molecular formula is C14H23N3O. The minimum Gasteiger partial charge on any atom is -0.376 e. The summed E-state index contributed by atoms with van der Waals surface area (Å²) in [5.74, 6) is 0. The Bertz CT molecular complexity index is 408. The van der Waals surface area contributed by atoms with Crippen LogP contribution in [0.2, 0.25) is 0 Å².